The Bertz CT molecular complexity index is 1690. The molecule has 1 aromatic heterocycles. The maximum Gasteiger partial charge on any atom is 0.305 e. The van der Waals surface area contributed by atoms with Crippen molar-refractivity contribution in [2.45, 2.75) is 13.0 Å². The zero-order valence-electron chi connectivity index (χ0n) is 20.0. The van der Waals surface area contributed by atoms with Crippen molar-refractivity contribution in [1.29, 1.82) is 0 Å². The molecule has 5 rings (SSSR count). The summed E-state index contributed by atoms with van der Waals surface area (Å²) in [5.41, 5.74) is 2.84. The van der Waals surface area contributed by atoms with Gasteiger partial charge in [0.1, 0.15) is 48.1 Å². The number of ether oxygens (including phenoxy) is 2. The van der Waals surface area contributed by atoms with Gasteiger partial charge in [0, 0.05) is 23.1 Å². The van der Waals surface area contributed by atoms with Crippen molar-refractivity contribution in [3.8, 4) is 5.75 Å². The lowest BCUT2D eigenvalue weighted by atomic mass is 10.1. The summed E-state index contributed by atoms with van der Waals surface area (Å²) < 4.78 is 52.1. The zero-order valence-corrected chi connectivity index (χ0v) is 21.6. The Morgan fingerprint density at radius 1 is 1.13 bits per heavy atom. The second-order valence-electron chi connectivity index (χ2n) is 8.40. The average molecular weight is 554 g/mol. The third-order valence-electron chi connectivity index (χ3n) is 5.48. The number of hydrogen-bond donors (Lipinski definition) is 1. The van der Waals surface area contributed by atoms with Gasteiger partial charge in [-0.15, -0.1) is 0 Å². The van der Waals surface area contributed by atoms with Crippen LogP contribution in [0.25, 0.3) is 16.7 Å². The predicted molar refractivity (Wildman–Crippen MR) is 143 cm³/mol. The molecule has 38 heavy (non-hydrogen) atoms. The summed E-state index contributed by atoms with van der Waals surface area (Å²) in [5, 5.41) is 4.38. The quantitative estimate of drug-likeness (QED) is 0.200. The number of rotatable bonds is 8. The van der Waals surface area contributed by atoms with Crippen LogP contribution >= 0.6 is 11.6 Å². The Morgan fingerprint density at radius 3 is 2.79 bits per heavy atom. The predicted octanol–water partition coefficient (Wildman–Crippen LogP) is 6.32. The minimum Gasteiger partial charge on any atom is -0.487 e. The first-order chi connectivity index (χ1) is 18.2. The van der Waals surface area contributed by atoms with Crippen LogP contribution in [0.1, 0.15) is 17.5 Å². The first-order valence-electron chi connectivity index (χ1n) is 11.4. The lowest BCUT2D eigenvalue weighted by Gasteiger charge is -2.13. The number of nitrogens with one attached hydrogen (secondary N) is 1. The molecule has 1 N–H and O–H groups in total. The van der Waals surface area contributed by atoms with Crippen LogP contribution in [0.2, 0.25) is 5.02 Å². The van der Waals surface area contributed by atoms with Gasteiger partial charge in [-0.05, 0) is 60.2 Å². The SMILES string of the molecule is CS(=O)(=O)OC=C1CC=C(c2ccc3ncnc(Nc4ccc(OCc5cccc(F)c5)c(Cl)c4)c3c2)O1. The summed E-state index contributed by atoms with van der Waals surface area (Å²) in [6.07, 6.45) is 5.73. The highest BCUT2D eigenvalue weighted by molar-refractivity contribution is 7.86. The van der Waals surface area contributed by atoms with Crippen LogP contribution in [0, 0.1) is 5.82 Å². The molecule has 0 spiro atoms. The molecule has 1 aliphatic heterocycles. The normalized spacial score (nSPS) is 14.3. The number of allylic oxidation sites excluding steroid dienone is 1. The minimum atomic E-state index is -3.62. The Kier molecular flexibility index (Phi) is 7.17. The van der Waals surface area contributed by atoms with Gasteiger partial charge in [0.05, 0.1) is 16.8 Å². The van der Waals surface area contributed by atoms with Crippen LogP contribution < -0.4 is 10.1 Å². The van der Waals surface area contributed by atoms with Gasteiger partial charge in [0.2, 0.25) is 0 Å². The molecule has 11 heteroatoms. The summed E-state index contributed by atoms with van der Waals surface area (Å²) in [4.78, 5) is 8.72. The van der Waals surface area contributed by atoms with E-state index in [9.17, 15) is 12.8 Å². The lowest BCUT2D eigenvalue weighted by molar-refractivity contribution is 0.306. The molecular formula is C27H21ClFN3O5S. The molecule has 0 atom stereocenters. The molecule has 194 valence electrons. The van der Waals surface area contributed by atoms with Crippen molar-refractivity contribution in [3.63, 3.8) is 0 Å². The standard InChI is InChI=1S/C27H21ClFN3O5S/c1-38(33,34)36-15-21-7-10-25(37-21)18-5-8-24-22(12-18)27(31-16-30-24)32-20-6-9-26(23(28)13-20)35-14-17-3-2-4-19(29)11-17/h2-6,8-13,15-16H,7,14H2,1H3,(H,30,31,32). The number of anilines is 2. The van der Waals surface area contributed by atoms with E-state index < -0.39 is 10.1 Å². The molecule has 0 unspecified atom stereocenters. The van der Waals surface area contributed by atoms with E-state index in [0.29, 0.717) is 51.3 Å². The molecular weight excluding hydrogens is 533 g/mol. The van der Waals surface area contributed by atoms with Gasteiger partial charge < -0.3 is 19.0 Å². The van der Waals surface area contributed by atoms with Crippen molar-refractivity contribution < 1.29 is 26.5 Å². The highest BCUT2D eigenvalue weighted by Gasteiger charge is 2.17. The molecule has 0 saturated carbocycles. The number of hydrogen-bond acceptors (Lipinski definition) is 8. The Balaban J connectivity index is 1.33. The maximum atomic E-state index is 13.4. The van der Waals surface area contributed by atoms with Crippen molar-refractivity contribution >= 4 is 49.9 Å². The molecule has 0 amide bonds. The van der Waals surface area contributed by atoms with E-state index >= 15 is 0 Å². The van der Waals surface area contributed by atoms with Crippen molar-refractivity contribution in [3.05, 3.63) is 107 Å². The molecule has 0 fully saturated rings. The van der Waals surface area contributed by atoms with Crippen LogP contribution in [0.5, 0.6) is 5.75 Å². The first kappa shape index (κ1) is 25.5. The molecule has 4 aromatic rings. The lowest BCUT2D eigenvalue weighted by Crippen LogP contribution is -1.99. The second-order valence-corrected chi connectivity index (χ2v) is 10.4. The smallest absolute Gasteiger partial charge is 0.305 e. The number of nitrogens with zero attached hydrogens (tertiary/aromatic N) is 2. The third-order valence-corrected chi connectivity index (χ3v) is 6.22. The van der Waals surface area contributed by atoms with E-state index in [2.05, 4.69) is 15.3 Å². The van der Waals surface area contributed by atoms with E-state index in [1.165, 1.54) is 18.5 Å². The molecule has 2 heterocycles. The van der Waals surface area contributed by atoms with Crippen LogP contribution in [-0.4, -0.2) is 24.6 Å². The van der Waals surface area contributed by atoms with Gasteiger partial charge in [-0.1, -0.05) is 23.7 Å². The maximum absolute atomic E-state index is 13.4. The molecule has 8 nitrogen and oxygen atoms in total. The fourth-order valence-corrected chi connectivity index (χ4v) is 4.25. The molecule has 0 saturated heterocycles. The van der Waals surface area contributed by atoms with Crippen LogP contribution in [-0.2, 0) is 25.6 Å². The van der Waals surface area contributed by atoms with E-state index in [-0.39, 0.29) is 12.4 Å². The molecule has 3 aromatic carbocycles. The van der Waals surface area contributed by atoms with Gasteiger partial charge in [0.15, 0.2) is 0 Å². The molecule has 0 radical (unpaired) electrons. The monoisotopic (exact) mass is 553 g/mol. The summed E-state index contributed by atoms with van der Waals surface area (Å²) in [6.45, 7) is 0.179. The Labute approximate surface area is 223 Å². The van der Waals surface area contributed by atoms with Crippen molar-refractivity contribution in [1.82, 2.24) is 9.97 Å². The van der Waals surface area contributed by atoms with Crippen LogP contribution in [0.15, 0.2) is 85.1 Å². The number of aromatic nitrogens is 2. The highest BCUT2D eigenvalue weighted by atomic mass is 35.5. The van der Waals surface area contributed by atoms with E-state index in [4.69, 9.17) is 25.3 Å². The summed E-state index contributed by atoms with van der Waals surface area (Å²) in [7, 11) is -3.62. The number of benzene rings is 3. The largest absolute Gasteiger partial charge is 0.487 e. The van der Waals surface area contributed by atoms with Crippen molar-refractivity contribution in [2.24, 2.45) is 0 Å². The number of halogens is 2. The van der Waals surface area contributed by atoms with E-state index in [1.807, 2.05) is 24.3 Å². The first-order valence-corrected chi connectivity index (χ1v) is 13.6. The van der Waals surface area contributed by atoms with Gasteiger partial charge in [-0.2, -0.15) is 8.42 Å². The van der Waals surface area contributed by atoms with E-state index in [1.54, 1.807) is 30.3 Å². The third kappa shape index (κ3) is 6.21. The summed E-state index contributed by atoms with van der Waals surface area (Å²) >= 11 is 6.44. The van der Waals surface area contributed by atoms with Gasteiger partial charge in [-0.3, -0.25) is 0 Å². The molecule has 0 aliphatic carbocycles. The fraction of sp³-hybridized carbons (Fsp3) is 0.111. The second kappa shape index (κ2) is 10.7. The van der Waals surface area contributed by atoms with E-state index in [0.717, 1.165) is 23.5 Å². The van der Waals surface area contributed by atoms with Gasteiger partial charge in [0.25, 0.3) is 0 Å². The van der Waals surface area contributed by atoms with Gasteiger partial charge >= 0.3 is 10.1 Å². The van der Waals surface area contributed by atoms with Gasteiger partial charge in [-0.25, -0.2) is 14.4 Å². The molecule has 1 aliphatic rings. The molecule has 0 bridgehead atoms. The fourth-order valence-electron chi connectivity index (χ4n) is 3.74. The zero-order chi connectivity index (χ0) is 26.7. The summed E-state index contributed by atoms with van der Waals surface area (Å²) in [5.74, 6) is 1.63. The van der Waals surface area contributed by atoms with Crippen LogP contribution in [0.3, 0.4) is 0 Å². The topological polar surface area (TPSA) is 99.6 Å². The number of fused-ring (bicyclic) bond motifs is 1. The highest BCUT2D eigenvalue weighted by Crippen LogP contribution is 2.34. The average Bonchev–Trinajstić information content (AvgIpc) is 3.36. The Morgan fingerprint density at radius 2 is 2.00 bits per heavy atom. The van der Waals surface area contributed by atoms with Crippen LogP contribution in [0.4, 0.5) is 15.9 Å². The summed E-state index contributed by atoms with van der Waals surface area (Å²) in [6, 6.07) is 17.0. The van der Waals surface area contributed by atoms with Crippen molar-refractivity contribution in [2.75, 3.05) is 11.6 Å². The minimum absolute atomic E-state index is 0.179. The Hall–Kier alpha value is -4.15.